The summed E-state index contributed by atoms with van der Waals surface area (Å²) in [7, 11) is 0. The third-order valence-electron chi connectivity index (χ3n) is 4.47. The van der Waals surface area contributed by atoms with Gasteiger partial charge in [0.15, 0.2) is 0 Å². The normalized spacial score (nSPS) is 26.4. The second kappa shape index (κ2) is 4.95. The van der Waals surface area contributed by atoms with Gasteiger partial charge in [-0.2, -0.15) is 0 Å². The van der Waals surface area contributed by atoms with Gasteiger partial charge in [0.2, 0.25) is 0 Å². The highest BCUT2D eigenvalue weighted by molar-refractivity contribution is 5.63. The molecular formula is C18H21NO. The van der Waals surface area contributed by atoms with Crippen molar-refractivity contribution in [1.82, 2.24) is 0 Å². The minimum absolute atomic E-state index is 0.211. The van der Waals surface area contributed by atoms with Crippen LogP contribution in [0.5, 0.6) is 0 Å². The third kappa shape index (κ3) is 1.92. The van der Waals surface area contributed by atoms with Crippen LogP contribution in [0.2, 0.25) is 0 Å². The van der Waals surface area contributed by atoms with Gasteiger partial charge < -0.3 is 10.0 Å². The van der Waals surface area contributed by atoms with Crippen LogP contribution in [0.4, 0.5) is 5.69 Å². The Bertz CT molecular complexity index is 521. The standard InChI is InChI=1S/C18H21NO/c1-3-16(20)18(2)17(14-10-6-4-7-11-14)19(18)15-12-8-5-9-13-15/h4-13,16-17,20H,3H2,1-2H3/t16?,17-,18-,19?/m1/s1. The Hall–Kier alpha value is -1.80. The van der Waals surface area contributed by atoms with Crippen LogP contribution in [-0.2, 0) is 0 Å². The maximum absolute atomic E-state index is 10.5. The van der Waals surface area contributed by atoms with Crippen molar-refractivity contribution in [1.29, 1.82) is 0 Å². The van der Waals surface area contributed by atoms with Gasteiger partial charge in [-0.05, 0) is 31.0 Å². The molecule has 2 aromatic carbocycles. The van der Waals surface area contributed by atoms with Crippen molar-refractivity contribution >= 4 is 5.69 Å². The molecule has 1 saturated heterocycles. The summed E-state index contributed by atoms with van der Waals surface area (Å²) in [6, 6.07) is 21.1. The fourth-order valence-corrected chi connectivity index (χ4v) is 3.30. The molecule has 1 unspecified atom stereocenters. The van der Waals surface area contributed by atoms with Crippen LogP contribution in [0.15, 0.2) is 60.7 Å². The minimum atomic E-state index is -0.326. The molecule has 3 atom stereocenters. The van der Waals surface area contributed by atoms with E-state index >= 15 is 0 Å². The molecule has 1 aliphatic rings. The SMILES string of the molecule is CCC(O)[C@]1(C)[C@@H](c2ccccc2)N1c1ccccc1. The summed E-state index contributed by atoms with van der Waals surface area (Å²) in [4.78, 5) is 2.33. The van der Waals surface area contributed by atoms with Crippen LogP contribution in [0.3, 0.4) is 0 Å². The lowest BCUT2D eigenvalue weighted by Gasteiger charge is -2.18. The molecule has 0 aliphatic carbocycles. The topological polar surface area (TPSA) is 23.2 Å². The Labute approximate surface area is 120 Å². The largest absolute Gasteiger partial charge is 0.391 e. The smallest absolute Gasteiger partial charge is 0.0884 e. The van der Waals surface area contributed by atoms with Gasteiger partial charge in [-0.15, -0.1) is 0 Å². The molecular weight excluding hydrogens is 246 g/mol. The van der Waals surface area contributed by atoms with Gasteiger partial charge in [0.1, 0.15) is 0 Å². The molecule has 1 fully saturated rings. The predicted molar refractivity (Wildman–Crippen MR) is 82.8 cm³/mol. The molecule has 1 aliphatic heterocycles. The highest BCUT2D eigenvalue weighted by atomic mass is 16.3. The third-order valence-corrected chi connectivity index (χ3v) is 4.47. The number of nitrogens with zero attached hydrogens (tertiary/aromatic N) is 1. The van der Waals surface area contributed by atoms with Gasteiger partial charge in [-0.3, -0.25) is 0 Å². The molecule has 2 aromatic rings. The van der Waals surface area contributed by atoms with Crippen molar-refractivity contribution in [2.24, 2.45) is 0 Å². The lowest BCUT2D eigenvalue weighted by molar-refractivity contribution is 0.133. The number of benzene rings is 2. The van der Waals surface area contributed by atoms with Crippen molar-refractivity contribution < 1.29 is 5.11 Å². The molecule has 0 radical (unpaired) electrons. The molecule has 2 nitrogen and oxygen atoms in total. The molecule has 0 spiro atoms. The lowest BCUT2D eigenvalue weighted by Crippen LogP contribution is -2.30. The lowest BCUT2D eigenvalue weighted by atomic mass is 9.94. The second-order valence-corrected chi connectivity index (χ2v) is 5.67. The molecule has 2 heteroatoms. The summed E-state index contributed by atoms with van der Waals surface area (Å²) in [5.74, 6) is 0. The summed E-state index contributed by atoms with van der Waals surface area (Å²) >= 11 is 0. The first-order chi connectivity index (χ1) is 9.69. The molecule has 1 N–H and O–H groups in total. The Kier molecular flexibility index (Phi) is 3.27. The van der Waals surface area contributed by atoms with Gasteiger partial charge in [0, 0.05) is 5.69 Å². The Morgan fingerprint density at radius 2 is 1.60 bits per heavy atom. The number of hydrogen-bond donors (Lipinski definition) is 1. The fourth-order valence-electron chi connectivity index (χ4n) is 3.30. The van der Waals surface area contributed by atoms with Crippen molar-refractivity contribution in [3.8, 4) is 0 Å². The van der Waals surface area contributed by atoms with Crippen LogP contribution in [0.25, 0.3) is 0 Å². The number of rotatable bonds is 4. The van der Waals surface area contributed by atoms with E-state index in [1.54, 1.807) is 0 Å². The molecule has 1 heterocycles. The first kappa shape index (κ1) is 13.2. The summed E-state index contributed by atoms with van der Waals surface area (Å²) < 4.78 is 0. The average molecular weight is 267 g/mol. The first-order valence-corrected chi connectivity index (χ1v) is 7.27. The van der Waals surface area contributed by atoms with Gasteiger partial charge in [-0.25, -0.2) is 0 Å². The predicted octanol–water partition coefficient (Wildman–Crippen LogP) is 3.78. The molecule has 0 amide bonds. The van der Waals surface area contributed by atoms with Crippen LogP contribution < -0.4 is 4.90 Å². The maximum Gasteiger partial charge on any atom is 0.0884 e. The Morgan fingerprint density at radius 1 is 1.05 bits per heavy atom. The highest BCUT2D eigenvalue weighted by Crippen LogP contribution is 2.57. The van der Waals surface area contributed by atoms with Crippen molar-refractivity contribution in [3.63, 3.8) is 0 Å². The van der Waals surface area contributed by atoms with E-state index in [2.05, 4.69) is 60.4 Å². The highest BCUT2D eigenvalue weighted by Gasteiger charge is 2.63. The van der Waals surface area contributed by atoms with E-state index in [1.165, 1.54) is 11.3 Å². The molecule has 104 valence electrons. The maximum atomic E-state index is 10.5. The quantitative estimate of drug-likeness (QED) is 0.852. The summed E-state index contributed by atoms with van der Waals surface area (Å²) in [5, 5.41) is 10.5. The van der Waals surface area contributed by atoms with E-state index in [9.17, 15) is 5.11 Å². The van der Waals surface area contributed by atoms with E-state index in [-0.39, 0.29) is 17.7 Å². The summed E-state index contributed by atoms with van der Waals surface area (Å²) in [6.45, 7) is 4.20. The first-order valence-electron chi connectivity index (χ1n) is 7.27. The van der Waals surface area contributed by atoms with Gasteiger partial charge in [0.25, 0.3) is 0 Å². The molecule has 3 rings (SSSR count). The van der Waals surface area contributed by atoms with Crippen LogP contribution in [-0.4, -0.2) is 16.7 Å². The average Bonchev–Trinajstić information content (AvgIpc) is 3.15. The van der Waals surface area contributed by atoms with E-state index in [1.807, 2.05) is 19.1 Å². The number of aliphatic hydroxyl groups is 1. The zero-order chi connectivity index (χ0) is 14.2. The zero-order valence-electron chi connectivity index (χ0n) is 12.0. The number of anilines is 1. The van der Waals surface area contributed by atoms with E-state index in [0.29, 0.717) is 0 Å². The number of aliphatic hydroxyl groups excluding tert-OH is 1. The summed E-state index contributed by atoms with van der Waals surface area (Å²) in [5.41, 5.74) is 2.24. The van der Waals surface area contributed by atoms with E-state index in [0.717, 1.165) is 6.42 Å². The minimum Gasteiger partial charge on any atom is -0.391 e. The Morgan fingerprint density at radius 3 is 2.15 bits per heavy atom. The van der Waals surface area contributed by atoms with Crippen LogP contribution in [0, 0.1) is 0 Å². The molecule has 0 aromatic heterocycles. The van der Waals surface area contributed by atoms with E-state index in [4.69, 9.17) is 0 Å². The second-order valence-electron chi connectivity index (χ2n) is 5.67. The van der Waals surface area contributed by atoms with Crippen LogP contribution in [0.1, 0.15) is 31.9 Å². The van der Waals surface area contributed by atoms with Gasteiger partial charge in [0.05, 0.1) is 17.7 Å². The van der Waals surface area contributed by atoms with Crippen molar-refractivity contribution in [3.05, 3.63) is 66.2 Å². The summed E-state index contributed by atoms with van der Waals surface area (Å²) in [6.07, 6.45) is 0.441. The number of hydrogen-bond acceptors (Lipinski definition) is 2. The number of para-hydroxylation sites is 1. The van der Waals surface area contributed by atoms with E-state index < -0.39 is 0 Å². The van der Waals surface area contributed by atoms with Crippen molar-refractivity contribution in [2.75, 3.05) is 4.90 Å². The van der Waals surface area contributed by atoms with Gasteiger partial charge in [-0.1, -0.05) is 55.5 Å². The monoisotopic (exact) mass is 267 g/mol. The van der Waals surface area contributed by atoms with Crippen molar-refractivity contribution in [2.45, 2.75) is 38.0 Å². The zero-order valence-corrected chi connectivity index (χ0v) is 12.0. The molecule has 0 bridgehead atoms. The van der Waals surface area contributed by atoms with Crippen LogP contribution >= 0.6 is 0 Å². The molecule has 0 saturated carbocycles. The Balaban J connectivity index is 2.00. The van der Waals surface area contributed by atoms with Gasteiger partial charge >= 0.3 is 0 Å². The fraction of sp³-hybridized carbons (Fsp3) is 0.333. The molecule has 20 heavy (non-hydrogen) atoms.